The third-order valence-electron chi connectivity index (χ3n) is 3.25. The lowest BCUT2D eigenvalue weighted by molar-refractivity contribution is 0.1000. The number of nitrogens with one attached hydrogen (secondary N) is 1. The molecule has 0 amide bonds. The van der Waals surface area contributed by atoms with Crippen molar-refractivity contribution in [3.8, 4) is 0 Å². The number of aryl methyl sites for hydroxylation is 1. The summed E-state index contributed by atoms with van der Waals surface area (Å²) in [5.41, 5.74) is 1.18. The van der Waals surface area contributed by atoms with Gasteiger partial charge in [-0.1, -0.05) is 6.92 Å². The van der Waals surface area contributed by atoms with Crippen LogP contribution < -0.4 is 5.32 Å². The van der Waals surface area contributed by atoms with Crippen LogP contribution in [0.2, 0.25) is 0 Å². The van der Waals surface area contributed by atoms with Crippen molar-refractivity contribution in [1.82, 2.24) is 9.97 Å². The lowest BCUT2D eigenvalue weighted by Crippen LogP contribution is -2.18. The van der Waals surface area contributed by atoms with E-state index in [2.05, 4.69) is 31.1 Å². The molecule has 1 N–H and O–H groups in total. The van der Waals surface area contributed by atoms with Crippen LogP contribution in [0, 0.1) is 6.92 Å². The Morgan fingerprint density at radius 2 is 2.00 bits per heavy atom. The molecule has 1 aliphatic rings. The van der Waals surface area contributed by atoms with Gasteiger partial charge < -0.3 is 10.1 Å². The second kappa shape index (κ2) is 7.10. The van der Waals surface area contributed by atoms with Gasteiger partial charge in [-0.05, 0) is 26.7 Å². The number of nitrogens with zero attached hydrogens (tertiary/aromatic N) is 2. The van der Waals surface area contributed by atoms with E-state index < -0.39 is 0 Å². The molecule has 0 unspecified atom stereocenters. The van der Waals surface area contributed by atoms with E-state index in [1.807, 2.05) is 11.8 Å². The van der Waals surface area contributed by atoms with Crippen LogP contribution in [0.3, 0.4) is 0 Å². The largest absolute Gasteiger partial charge is 0.381 e. The number of hydrogen-bond acceptors (Lipinski definition) is 5. The summed E-state index contributed by atoms with van der Waals surface area (Å²) in [5, 5.41) is 5.10. The third-order valence-corrected chi connectivity index (χ3v) is 4.68. The Hall–Kier alpha value is -0.810. The molecule has 0 atom stereocenters. The molecule has 0 spiro atoms. The van der Waals surface area contributed by atoms with Crippen molar-refractivity contribution < 1.29 is 4.74 Å². The van der Waals surface area contributed by atoms with Crippen LogP contribution in [0.1, 0.15) is 38.1 Å². The predicted octanol–water partition coefficient (Wildman–Crippen LogP) is 3.05. The first-order valence-electron chi connectivity index (χ1n) is 7.10. The lowest BCUT2D eigenvalue weighted by atomic mass is 10.2. The number of anilines is 1. The van der Waals surface area contributed by atoms with Gasteiger partial charge in [0.2, 0.25) is 0 Å². The molecule has 2 rings (SSSR count). The zero-order chi connectivity index (χ0) is 13.7. The fraction of sp³-hybridized carbons (Fsp3) is 0.714. The van der Waals surface area contributed by atoms with Crippen molar-refractivity contribution in [2.75, 3.05) is 25.1 Å². The monoisotopic (exact) mass is 281 g/mol. The summed E-state index contributed by atoms with van der Waals surface area (Å²) in [5.74, 6) is 1.92. The second-order valence-corrected chi connectivity index (χ2v) is 6.02. The Balaban J connectivity index is 2.19. The average molecular weight is 281 g/mol. The third kappa shape index (κ3) is 3.83. The highest BCUT2D eigenvalue weighted by atomic mass is 32.2. The van der Waals surface area contributed by atoms with Gasteiger partial charge in [0, 0.05) is 37.0 Å². The number of rotatable bonds is 5. The number of aromatic nitrogens is 2. The molecule has 0 bridgehead atoms. The predicted molar refractivity (Wildman–Crippen MR) is 80.0 cm³/mol. The molecule has 1 fully saturated rings. The molecule has 106 valence electrons. The van der Waals surface area contributed by atoms with E-state index in [9.17, 15) is 0 Å². The molecule has 1 aromatic heterocycles. The Kier molecular flexibility index (Phi) is 5.45. The van der Waals surface area contributed by atoms with E-state index in [0.717, 1.165) is 55.7 Å². The number of ether oxygens (including phenoxy) is 1. The van der Waals surface area contributed by atoms with Crippen molar-refractivity contribution in [3.05, 3.63) is 11.4 Å². The van der Waals surface area contributed by atoms with Gasteiger partial charge in [-0.25, -0.2) is 9.97 Å². The van der Waals surface area contributed by atoms with Gasteiger partial charge in [-0.15, -0.1) is 11.8 Å². The van der Waals surface area contributed by atoms with E-state index in [4.69, 9.17) is 9.72 Å². The maximum atomic E-state index is 5.42. The van der Waals surface area contributed by atoms with Crippen molar-refractivity contribution in [1.29, 1.82) is 0 Å². The van der Waals surface area contributed by atoms with Crippen LogP contribution in [-0.4, -0.2) is 35.0 Å². The Morgan fingerprint density at radius 1 is 1.26 bits per heavy atom. The van der Waals surface area contributed by atoms with Crippen LogP contribution >= 0.6 is 11.8 Å². The minimum Gasteiger partial charge on any atom is -0.381 e. The van der Waals surface area contributed by atoms with E-state index in [-0.39, 0.29) is 0 Å². The smallest absolute Gasteiger partial charge is 0.133 e. The summed E-state index contributed by atoms with van der Waals surface area (Å²) in [6.07, 6.45) is 3.11. The van der Waals surface area contributed by atoms with Crippen LogP contribution in [0.15, 0.2) is 5.03 Å². The van der Waals surface area contributed by atoms with Gasteiger partial charge >= 0.3 is 0 Å². The minimum atomic E-state index is 0.626. The van der Waals surface area contributed by atoms with Crippen LogP contribution in [0.25, 0.3) is 0 Å². The highest BCUT2D eigenvalue weighted by Crippen LogP contribution is 2.32. The van der Waals surface area contributed by atoms with Crippen LogP contribution in [0.5, 0.6) is 0 Å². The molecule has 19 heavy (non-hydrogen) atoms. The van der Waals surface area contributed by atoms with Crippen molar-refractivity contribution in [2.45, 2.75) is 50.3 Å². The highest BCUT2D eigenvalue weighted by molar-refractivity contribution is 7.99. The van der Waals surface area contributed by atoms with E-state index in [1.54, 1.807) is 0 Å². The molecule has 1 aromatic rings. The molecule has 2 heterocycles. The molecule has 5 heteroatoms. The van der Waals surface area contributed by atoms with E-state index >= 15 is 0 Å². The average Bonchev–Trinajstić information content (AvgIpc) is 2.44. The first kappa shape index (κ1) is 14.6. The van der Waals surface area contributed by atoms with Gasteiger partial charge in [0.1, 0.15) is 16.7 Å². The maximum absolute atomic E-state index is 5.42. The fourth-order valence-corrected chi connectivity index (χ4v) is 3.28. The number of thioether (sulfide) groups is 1. The summed E-state index contributed by atoms with van der Waals surface area (Å²) in [6, 6.07) is 0. The van der Waals surface area contributed by atoms with Gasteiger partial charge in [0.15, 0.2) is 0 Å². The maximum Gasteiger partial charge on any atom is 0.133 e. The first-order chi connectivity index (χ1) is 9.24. The minimum absolute atomic E-state index is 0.626. The topological polar surface area (TPSA) is 47.0 Å². The normalized spacial score (nSPS) is 16.6. The molecular formula is C14H23N3OS. The van der Waals surface area contributed by atoms with Crippen molar-refractivity contribution in [3.63, 3.8) is 0 Å². The zero-order valence-corrected chi connectivity index (χ0v) is 12.8. The second-order valence-electron chi connectivity index (χ2n) is 4.73. The molecular weight excluding hydrogens is 258 g/mol. The number of hydrogen-bond donors (Lipinski definition) is 1. The summed E-state index contributed by atoms with van der Waals surface area (Å²) < 4.78 is 5.42. The SMILES string of the molecule is CCNc1nc(CC)nc(SC2CCOCC2)c1C. The lowest BCUT2D eigenvalue weighted by Gasteiger charge is -2.22. The van der Waals surface area contributed by atoms with Crippen LogP contribution in [0.4, 0.5) is 5.82 Å². The molecule has 0 aliphatic carbocycles. The van der Waals surface area contributed by atoms with Crippen molar-refractivity contribution in [2.24, 2.45) is 0 Å². The molecule has 4 nitrogen and oxygen atoms in total. The molecule has 1 saturated heterocycles. The first-order valence-corrected chi connectivity index (χ1v) is 7.98. The summed E-state index contributed by atoms with van der Waals surface area (Å²) in [7, 11) is 0. The highest BCUT2D eigenvalue weighted by Gasteiger charge is 2.18. The molecule has 0 radical (unpaired) electrons. The Bertz CT molecular complexity index is 419. The Morgan fingerprint density at radius 3 is 2.63 bits per heavy atom. The Labute approximate surface area is 119 Å². The van der Waals surface area contributed by atoms with Gasteiger partial charge in [-0.2, -0.15) is 0 Å². The standard InChI is InChI=1S/C14H23N3OS/c1-4-12-16-13(15-5-2)10(3)14(17-12)19-11-6-8-18-9-7-11/h11H,4-9H2,1-3H3,(H,15,16,17). The van der Waals surface area contributed by atoms with E-state index in [0.29, 0.717) is 5.25 Å². The zero-order valence-electron chi connectivity index (χ0n) is 12.0. The van der Waals surface area contributed by atoms with E-state index in [1.165, 1.54) is 5.56 Å². The summed E-state index contributed by atoms with van der Waals surface area (Å²) in [4.78, 5) is 9.27. The quantitative estimate of drug-likeness (QED) is 0.841. The van der Waals surface area contributed by atoms with Gasteiger partial charge in [0.05, 0.1) is 0 Å². The van der Waals surface area contributed by atoms with Gasteiger partial charge in [-0.3, -0.25) is 0 Å². The molecule has 0 aromatic carbocycles. The molecule has 0 saturated carbocycles. The van der Waals surface area contributed by atoms with Gasteiger partial charge in [0.25, 0.3) is 0 Å². The summed E-state index contributed by atoms with van der Waals surface area (Å²) in [6.45, 7) is 8.95. The van der Waals surface area contributed by atoms with Crippen molar-refractivity contribution >= 4 is 17.6 Å². The van der Waals surface area contributed by atoms with Crippen LogP contribution in [-0.2, 0) is 11.2 Å². The summed E-state index contributed by atoms with van der Waals surface area (Å²) >= 11 is 1.89. The molecule has 1 aliphatic heterocycles. The fourth-order valence-electron chi connectivity index (χ4n) is 2.10.